The minimum absolute atomic E-state index is 0.0537. The van der Waals surface area contributed by atoms with Crippen molar-refractivity contribution in [2.24, 2.45) is 0 Å². The van der Waals surface area contributed by atoms with Crippen LogP contribution in [0.1, 0.15) is 39.7 Å². The van der Waals surface area contributed by atoms with Crippen LogP contribution in [0.2, 0.25) is 0 Å². The summed E-state index contributed by atoms with van der Waals surface area (Å²) in [5.74, 6) is 0.820. The zero-order valence-corrected chi connectivity index (χ0v) is 12.6. The van der Waals surface area contributed by atoms with E-state index in [-0.39, 0.29) is 5.78 Å². The van der Waals surface area contributed by atoms with Crippen molar-refractivity contribution in [2.45, 2.75) is 27.2 Å². The molecule has 0 aliphatic heterocycles. The Kier molecular flexibility index (Phi) is 3.38. The second-order valence-corrected chi connectivity index (χ2v) is 5.33. The van der Waals surface area contributed by atoms with Crippen LogP contribution in [0.15, 0.2) is 46.9 Å². The molecule has 2 aromatic carbocycles. The number of benzene rings is 2. The molecular formula is C19H18O2. The average molecular weight is 278 g/mol. The van der Waals surface area contributed by atoms with E-state index >= 15 is 0 Å². The normalized spacial score (nSPS) is 11.0. The number of hydrogen-bond acceptors (Lipinski definition) is 2. The first kappa shape index (κ1) is 13.6. The summed E-state index contributed by atoms with van der Waals surface area (Å²) >= 11 is 0. The summed E-state index contributed by atoms with van der Waals surface area (Å²) in [6.45, 7) is 6.04. The fraction of sp³-hybridized carbons (Fsp3) is 0.211. The molecule has 0 fully saturated rings. The van der Waals surface area contributed by atoms with E-state index in [2.05, 4.69) is 0 Å². The average Bonchev–Trinajstić information content (AvgIpc) is 2.88. The lowest BCUT2D eigenvalue weighted by Gasteiger charge is -2.07. The van der Waals surface area contributed by atoms with Gasteiger partial charge in [0.05, 0.1) is 5.56 Å². The highest BCUT2D eigenvalue weighted by Gasteiger charge is 2.22. The van der Waals surface area contributed by atoms with E-state index < -0.39 is 0 Å². The Hall–Kier alpha value is -2.35. The van der Waals surface area contributed by atoms with Gasteiger partial charge >= 0.3 is 0 Å². The summed E-state index contributed by atoms with van der Waals surface area (Å²) in [6.07, 6.45) is 0.709. The van der Waals surface area contributed by atoms with Crippen LogP contribution in [0.3, 0.4) is 0 Å². The topological polar surface area (TPSA) is 30.2 Å². The molecule has 21 heavy (non-hydrogen) atoms. The number of carbonyl (C=O) groups excluding carboxylic acids is 1. The zero-order chi connectivity index (χ0) is 15.0. The molecule has 2 nitrogen and oxygen atoms in total. The molecule has 0 saturated heterocycles. The summed E-state index contributed by atoms with van der Waals surface area (Å²) in [5.41, 5.74) is 4.42. The predicted octanol–water partition coefficient (Wildman–Crippen LogP) is 4.84. The van der Waals surface area contributed by atoms with E-state index in [1.807, 2.05) is 63.2 Å². The maximum Gasteiger partial charge on any atom is 0.197 e. The Labute approximate surface area is 124 Å². The van der Waals surface area contributed by atoms with Crippen LogP contribution >= 0.6 is 0 Å². The fourth-order valence-electron chi connectivity index (χ4n) is 2.73. The molecule has 3 aromatic rings. The minimum atomic E-state index is 0.0537. The molecule has 1 aromatic heterocycles. The monoisotopic (exact) mass is 278 g/mol. The molecule has 0 unspecified atom stereocenters. The lowest BCUT2D eigenvalue weighted by atomic mass is 9.94. The lowest BCUT2D eigenvalue weighted by Crippen LogP contribution is -2.06. The first-order valence-electron chi connectivity index (χ1n) is 7.24. The van der Waals surface area contributed by atoms with Crippen molar-refractivity contribution in [3.63, 3.8) is 0 Å². The molecule has 0 radical (unpaired) electrons. The van der Waals surface area contributed by atoms with Gasteiger partial charge in [0.2, 0.25) is 0 Å². The van der Waals surface area contributed by atoms with Gasteiger partial charge in [-0.2, -0.15) is 0 Å². The smallest absolute Gasteiger partial charge is 0.197 e. The van der Waals surface area contributed by atoms with Gasteiger partial charge in [0.15, 0.2) is 5.78 Å². The van der Waals surface area contributed by atoms with Crippen molar-refractivity contribution in [3.8, 4) is 0 Å². The quantitative estimate of drug-likeness (QED) is 0.641. The molecule has 2 heteroatoms. The standard InChI is InChI=1S/C19H18O2/c1-4-16-18(15-9-5-6-11-17(15)21-16)19(20)14-10-7-8-12(2)13(14)3/h5-11H,4H2,1-3H3. The van der Waals surface area contributed by atoms with Gasteiger partial charge in [0, 0.05) is 17.4 Å². The Morgan fingerprint density at radius 1 is 1.05 bits per heavy atom. The van der Waals surface area contributed by atoms with Crippen molar-refractivity contribution < 1.29 is 9.21 Å². The molecular weight excluding hydrogens is 260 g/mol. The van der Waals surface area contributed by atoms with Gasteiger partial charge in [-0.1, -0.05) is 43.3 Å². The first-order chi connectivity index (χ1) is 10.1. The van der Waals surface area contributed by atoms with Crippen molar-refractivity contribution in [2.75, 3.05) is 0 Å². The number of ketones is 1. The Morgan fingerprint density at radius 3 is 2.57 bits per heavy atom. The van der Waals surface area contributed by atoms with E-state index in [9.17, 15) is 4.79 Å². The van der Waals surface area contributed by atoms with Gasteiger partial charge < -0.3 is 4.42 Å². The van der Waals surface area contributed by atoms with Gasteiger partial charge in [-0.15, -0.1) is 0 Å². The van der Waals surface area contributed by atoms with Crippen LogP contribution in [0.25, 0.3) is 11.0 Å². The Balaban J connectivity index is 2.24. The molecule has 0 atom stereocenters. The fourth-order valence-corrected chi connectivity index (χ4v) is 2.73. The molecule has 0 aliphatic rings. The maximum absolute atomic E-state index is 13.0. The number of fused-ring (bicyclic) bond motifs is 1. The molecule has 0 spiro atoms. The second kappa shape index (κ2) is 5.21. The van der Waals surface area contributed by atoms with Crippen LogP contribution in [-0.2, 0) is 6.42 Å². The van der Waals surface area contributed by atoms with E-state index in [4.69, 9.17) is 4.42 Å². The molecule has 0 N–H and O–H groups in total. The van der Waals surface area contributed by atoms with E-state index in [1.165, 1.54) is 0 Å². The highest BCUT2D eigenvalue weighted by molar-refractivity contribution is 6.17. The molecule has 0 amide bonds. The van der Waals surface area contributed by atoms with Gasteiger partial charge in [-0.3, -0.25) is 4.79 Å². The molecule has 3 rings (SSSR count). The number of para-hydroxylation sites is 1. The van der Waals surface area contributed by atoms with Gasteiger partial charge in [0.25, 0.3) is 0 Å². The zero-order valence-electron chi connectivity index (χ0n) is 12.6. The van der Waals surface area contributed by atoms with Gasteiger partial charge in [-0.05, 0) is 31.0 Å². The van der Waals surface area contributed by atoms with Crippen LogP contribution < -0.4 is 0 Å². The van der Waals surface area contributed by atoms with Crippen LogP contribution in [0.5, 0.6) is 0 Å². The molecule has 1 heterocycles. The van der Waals surface area contributed by atoms with Crippen LogP contribution in [0, 0.1) is 13.8 Å². The number of carbonyl (C=O) groups is 1. The van der Waals surface area contributed by atoms with E-state index in [1.54, 1.807) is 0 Å². The third kappa shape index (κ3) is 2.17. The minimum Gasteiger partial charge on any atom is -0.460 e. The maximum atomic E-state index is 13.0. The van der Waals surface area contributed by atoms with Crippen LogP contribution in [-0.4, -0.2) is 5.78 Å². The highest BCUT2D eigenvalue weighted by Crippen LogP contribution is 2.29. The summed E-state index contributed by atoms with van der Waals surface area (Å²) in [5, 5.41) is 0.903. The Bertz CT molecular complexity index is 825. The number of hydrogen-bond donors (Lipinski definition) is 0. The summed E-state index contributed by atoms with van der Waals surface area (Å²) in [6, 6.07) is 13.6. The van der Waals surface area contributed by atoms with Crippen molar-refractivity contribution in [1.82, 2.24) is 0 Å². The van der Waals surface area contributed by atoms with Crippen molar-refractivity contribution in [1.29, 1.82) is 0 Å². The van der Waals surface area contributed by atoms with Crippen molar-refractivity contribution in [3.05, 3.63) is 70.5 Å². The molecule has 0 aliphatic carbocycles. The molecule has 0 bridgehead atoms. The lowest BCUT2D eigenvalue weighted by molar-refractivity contribution is 0.103. The van der Waals surface area contributed by atoms with E-state index in [0.717, 1.165) is 33.4 Å². The third-order valence-corrected chi connectivity index (χ3v) is 4.07. The number of aryl methyl sites for hydroxylation is 2. The summed E-state index contributed by atoms with van der Waals surface area (Å²) in [4.78, 5) is 13.0. The highest BCUT2D eigenvalue weighted by atomic mass is 16.3. The van der Waals surface area contributed by atoms with Crippen molar-refractivity contribution >= 4 is 16.8 Å². The predicted molar refractivity (Wildman–Crippen MR) is 84.9 cm³/mol. The van der Waals surface area contributed by atoms with E-state index in [0.29, 0.717) is 12.0 Å². The summed E-state index contributed by atoms with van der Waals surface area (Å²) < 4.78 is 5.84. The third-order valence-electron chi connectivity index (χ3n) is 4.07. The first-order valence-corrected chi connectivity index (χ1v) is 7.24. The van der Waals surface area contributed by atoms with Gasteiger partial charge in [0.1, 0.15) is 11.3 Å². The molecule has 106 valence electrons. The van der Waals surface area contributed by atoms with Crippen LogP contribution in [0.4, 0.5) is 0 Å². The van der Waals surface area contributed by atoms with Gasteiger partial charge in [-0.25, -0.2) is 0 Å². The number of rotatable bonds is 3. The Morgan fingerprint density at radius 2 is 1.81 bits per heavy atom. The largest absolute Gasteiger partial charge is 0.460 e. The molecule has 0 saturated carbocycles. The summed E-state index contributed by atoms with van der Waals surface area (Å²) in [7, 11) is 0. The number of furan rings is 1. The second-order valence-electron chi connectivity index (χ2n) is 5.33. The SMILES string of the molecule is CCc1oc2ccccc2c1C(=O)c1cccc(C)c1C.